The van der Waals surface area contributed by atoms with E-state index >= 15 is 0 Å². The van der Waals surface area contributed by atoms with Crippen LogP contribution in [0.25, 0.3) is 0 Å². The van der Waals surface area contributed by atoms with E-state index < -0.39 is 0 Å². The fraction of sp³-hybridized carbons (Fsp3) is 0.562. The van der Waals surface area contributed by atoms with Crippen molar-refractivity contribution in [2.24, 2.45) is 0 Å². The molecular weight excluding hydrogens is 252 g/mol. The van der Waals surface area contributed by atoms with Gasteiger partial charge in [-0.05, 0) is 37.6 Å². The predicted molar refractivity (Wildman–Crippen MR) is 82.1 cm³/mol. The van der Waals surface area contributed by atoms with E-state index in [9.17, 15) is 4.79 Å². The second kappa shape index (κ2) is 9.37. The van der Waals surface area contributed by atoms with Gasteiger partial charge in [0.1, 0.15) is 12.4 Å². The minimum absolute atomic E-state index is 0.0865. The van der Waals surface area contributed by atoms with Gasteiger partial charge < -0.3 is 15.4 Å². The summed E-state index contributed by atoms with van der Waals surface area (Å²) in [5, 5.41) is 6.15. The molecule has 0 heterocycles. The summed E-state index contributed by atoms with van der Waals surface area (Å²) in [6.07, 6.45) is 1.42. The molecule has 0 aromatic heterocycles. The van der Waals surface area contributed by atoms with E-state index in [1.54, 1.807) is 0 Å². The van der Waals surface area contributed by atoms with Crippen molar-refractivity contribution < 1.29 is 9.53 Å². The third kappa shape index (κ3) is 7.79. The van der Waals surface area contributed by atoms with Gasteiger partial charge in [-0.2, -0.15) is 0 Å². The molecule has 0 aliphatic rings. The van der Waals surface area contributed by atoms with Crippen LogP contribution in [0.3, 0.4) is 0 Å². The number of carbonyl (C=O) groups is 1. The van der Waals surface area contributed by atoms with Crippen LogP contribution in [0.2, 0.25) is 0 Å². The van der Waals surface area contributed by atoms with Crippen LogP contribution < -0.4 is 15.4 Å². The molecule has 0 bridgehead atoms. The normalized spacial score (nSPS) is 10.6. The quantitative estimate of drug-likeness (QED) is 0.681. The second-order valence-electron chi connectivity index (χ2n) is 5.23. The number of amides is 1. The molecule has 112 valence electrons. The molecule has 0 saturated heterocycles. The molecule has 0 fully saturated rings. The Morgan fingerprint density at radius 3 is 2.80 bits per heavy atom. The summed E-state index contributed by atoms with van der Waals surface area (Å²) in [6, 6.07) is 8.37. The SMILES string of the molecule is Cc1cccc(OCCNC(=O)CCCNC(C)C)c1. The third-order valence-electron chi connectivity index (χ3n) is 2.82. The lowest BCUT2D eigenvalue weighted by molar-refractivity contribution is -0.121. The van der Waals surface area contributed by atoms with Crippen LogP contribution in [0.1, 0.15) is 32.3 Å². The van der Waals surface area contributed by atoms with Gasteiger partial charge in [-0.25, -0.2) is 0 Å². The number of aryl methyl sites for hydroxylation is 1. The summed E-state index contributed by atoms with van der Waals surface area (Å²) in [5.74, 6) is 0.934. The summed E-state index contributed by atoms with van der Waals surface area (Å²) in [5.41, 5.74) is 1.17. The van der Waals surface area contributed by atoms with Crippen molar-refractivity contribution in [3.63, 3.8) is 0 Å². The summed E-state index contributed by atoms with van der Waals surface area (Å²) >= 11 is 0. The summed E-state index contributed by atoms with van der Waals surface area (Å²) in [7, 11) is 0. The van der Waals surface area contributed by atoms with Crippen molar-refractivity contribution >= 4 is 5.91 Å². The van der Waals surface area contributed by atoms with Crippen LogP contribution in [0.4, 0.5) is 0 Å². The zero-order valence-electron chi connectivity index (χ0n) is 12.7. The number of hydrogen-bond acceptors (Lipinski definition) is 3. The van der Waals surface area contributed by atoms with Gasteiger partial charge in [-0.3, -0.25) is 4.79 Å². The molecule has 0 aliphatic carbocycles. The first-order chi connectivity index (χ1) is 9.58. The first-order valence-electron chi connectivity index (χ1n) is 7.27. The maximum Gasteiger partial charge on any atom is 0.220 e. The molecule has 0 spiro atoms. The van der Waals surface area contributed by atoms with Crippen molar-refractivity contribution in [3.8, 4) is 5.75 Å². The van der Waals surface area contributed by atoms with Gasteiger partial charge in [-0.1, -0.05) is 26.0 Å². The van der Waals surface area contributed by atoms with Crippen LogP contribution in [0.15, 0.2) is 24.3 Å². The highest BCUT2D eigenvalue weighted by atomic mass is 16.5. The fourth-order valence-corrected chi connectivity index (χ4v) is 1.79. The summed E-state index contributed by atoms with van der Waals surface area (Å²) < 4.78 is 5.57. The van der Waals surface area contributed by atoms with Crippen molar-refractivity contribution in [1.82, 2.24) is 10.6 Å². The zero-order chi connectivity index (χ0) is 14.8. The van der Waals surface area contributed by atoms with Crippen molar-refractivity contribution in [2.75, 3.05) is 19.7 Å². The Hall–Kier alpha value is -1.55. The Labute approximate surface area is 121 Å². The molecule has 2 N–H and O–H groups in total. The minimum Gasteiger partial charge on any atom is -0.492 e. The second-order valence-corrected chi connectivity index (χ2v) is 5.23. The molecule has 1 aromatic rings. The van der Waals surface area contributed by atoms with Crippen LogP contribution in [0.5, 0.6) is 5.75 Å². The van der Waals surface area contributed by atoms with Gasteiger partial charge in [0.2, 0.25) is 5.91 Å². The number of carbonyl (C=O) groups excluding carboxylic acids is 1. The van der Waals surface area contributed by atoms with Crippen molar-refractivity contribution in [2.45, 2.75) is 39.7 Å². The van der Waals surface area contributed by atoms with E-state index in [0.29, 0.717) is 25.6 Å². The molecule has 4 nitrogen and oxygen atoms in total. The Morgan fingerprint density at radius 2 is 2.10 bits per heavy atom. The van der Waals surface area contributed by atoms with E-state index in [0.717, 1.165) is 18.7 Å². The fourth-order valence-electron chi connectivity index (χ4n) is 1.79. The lowest BCUT2D eigenvalue weighted by Crippen LogP contribution is -2.29. The largest absolute Gasteiger partial charge is 0.492 e. The van der Waals surface area contributed by atoms with Gasteiger partial charge >= 0.3 is 0 Å². The van der Waals surface area contributed by atoms with E-state index in [1.165, 1.54) is 5.56 Å². The third-order valence-corrected chi connectivity index (χ3v) is 2.82. The predicted octanol–water partition coefficient (Wildman–Crippen LogP) is 2.27. The number of nitrogens with one attached hydrogen (secondary N) is 2. The highest BCUT2D eigenvalue weighted by Gasteiger charge is 2.01. The summed E-state index contributed by atoms with van der Waals surface area (Å²) in [6.45, 7) is 8.15. The van der Waals surface area contributed by atoms with Gasteiger partial charge in [-0.15, -0.1) is 0 Å². The average molecular weight is 278 g/mol. The summed E-state index contributed by atoms with van der Waals surface area (Å²) in [4.78, 5) is 11.6. The molecule has 1 amide bonds. The Balaban J connectivity index is 2.04. The van der Waals surface area contributed by atoms with Crippen LogP contribution in [-0.2, 0) is 4.79 Å². The topological polar surface area (TPSA) is 50.4 Å². The average Bonchev–Trinajstić information content (AvgIpc) is 2.40. The van der Waals surface area contributed by atoms with Crippen molar-refractivity contribution in [1.29, 1.82) is 0 Å². The maximum atomic E-state index is 11.6. The molecular formula is C16H26N2O2. The molecule has 0 radical (unpaired) electrons. The first-order valence-corrected chi connectivity index (χ1v) is 7.27. The number of benzene rings is 1. The van der Waals surface area contributed by atoms with Gasteiger partial charge in [0.15, 0.2) is 0 Å². The number of rotatable bonds is 9. The Kier molecular flexibility index (Phi) is 7.73. The maximum absolute atomic E-state index is 11.6. The highest BCUT2D eigenvalue weighted by Crippen LogP contribution is 2.11. The van der Waals surface area contributed by atoms with E-state index in [-0.39, 0.29) is 5.91 Å². The van der Waals surface area contributed by atoms with Crippen LogP contribution in [-0.4, -0.2) is 31.6 Å². The first kappa shape index (κ1) is 16.5. The van der Waals surface area contributed by atoms with Crippen molar-refractivity contribution in [3.05, 3.63) is 29.8 Å². The molecule has 4 heteroatoms. The van der Waals surface area contributed by atoms with E-state index in [4.69, 9.17) is 4.74 Å². The highest BCUT2D eigenvalue weighted by molar-refractivity contribution is 5.75. The number of hydrogen-bond donors (Lipinski definition) is 2. The van der Waals surface area contributed by atoms with E-state index in [1.807, 2.05) is 31.2 Å². The van der Waals surface area contributed by atoms with Crippen LogP contribution in [0, 0.1) is 6.92 Å². The monoisotopic (exact) mass is 278 g/mol. The lowest BCUT2D eigenvalue weighted by Gasteiger charge is -2.09. The standard InChI is InChI=1S/C16H26N2O2/c1-13(2)17-9-5-8-16(19)18-10-11-20-15-7-4-6-14(3)12-15/h4,6-7,12-13,17H,5,8-11H2,1-3H3,(H,18,19). The van der Waals surface area contributed by atoms with Gasteiger partial charge in [0, 0.05) is 12.5 Å². The minimum atomic E-state index is 0.0865. The Morgan fingerprint density at radius 1 is 1.30 bits per heavy atom. The lowest BCUT2D eigenvalue weighted by atomic mass is 10.2. The van der Waals surface area contributed by atoms with E-state index in [2.05, 4.69) is 24.5 Å². The zero-order valence-corrected chi connectivity index (χ0v) is 12.7. The Bertz CT molecular complexity index is 405. The molecule has 0 unspecified atom stereocenters. The van der Waals surface area contributed by atoms with Crippen LogP contribution >= 0.6 is 0 Å². The molecule has 1 rings (SSSR count). The molecule has 20 heavy (non-hydrogen) atoms. The molecule has 0 aliphatic heterocycles. The van der Waals surface area contributed by atoms with Gasteiger partial charge in [0.25, 0.3) is 0 Å². The number of ether oxygens (including phenoxy) is 1. The van der Waals surface area contributed by atoms with Gasteiger partial charge in [0.05, 0.1) is 6.54 Å². The molecule has 0 saturated carbocycles. The smallest absolute Gasteiger partial charge is 0.220 e. The molecule has 1 aromatic carbocycles. The molecule has 0 atom stereocenters.